The van der Waals surface area contributed by atoms with Crippen LogP contribution in [-0.2, 0) is 19.1 Å². The summed E-state index contributed by atoms with van der Waals surface area (Å²) in [7, 11) is 0. The third-order valence-electron chi connectivity index (χ3n) is 2.36. The summed E-state index contributed by atoms with van der Waals surface area (Å²) < 4.78 is 9.61. The molecule has 0 bridgehead atoms. The van der Waals surface area contributed by atoms with E-state index in [0.29, 0.717) is 5.69 Å². The van der Waals surface area contributed by atoms with Crippen molar-refractivity contribution in [2.45, 2.75) is 13.8 Å². The Bertz CT molecular complexity index is 559. The first-order valence-electron chi connectivity index (χ1n) is 6.36. The lowest BCUT2D eigenvalue weighted by molar-refractivity contribution is -0.146. The highest BCUT2D eigenvalue weighted by Crippen LogP contribution is 2.33. The summed E-state index contributed by atoms with van der Waals surface area (Å²) in [4.78, 5) is 23.5. The Morgan fingerprint density at radius 3 is 1.91 bits per heavy atom. The lowest BCUT2D eigenvalue weighted by Gasteiger charge is -2.09. The van der Waals surface area contributed by atoms with Crippen molar-refractivity contribution in [1.82, 2.24) is 0 Å². The van der Waals surface area contributed by atoms with E-state index in [4.69, 9.17) is 44.3 Å². The largest absolute Gasteiger partial charge is 0.462 e. The normalized spacial score (nSPS) is 9.86. The maximum Gasteiger partial charge on any atom is 0.347 e. The van der Waals surface area contributed by atoms with Crippen molar-refractivity contribution in [2.75, 3.05) is 18.5 Å². The van der Waals surface area contributed by atoms with Gasteiger partial charge in [0.1, 0.15) is 0 Å². The van der Waals surface area contributed by atoms with E-state index < -0.39 is 11.9 Å². The number of hydrogen-bond acceptors (Lipinski definition) is 5. The zero-order valence-corrected chi connectivity index (χ0v) is 14.2. The lowest BCUT2D eigenvalue weighted by Crippen LogP contribution is -2.19. The van der Waals surface area contributed by atoms with E-state index >= 15 is 0 Å². The number of ether oxygens (including phenoxy) is 2. The van der Waals surface area contributed by atoms with E-state index in [9.17, 15) is 9.59 Å². The molecule has 0 spiro atoms. The predicted molar refractivity (Wildman–Crippen MR) is 86.4 cm³/mol. The molecule has 0 amide bonds. The Hall–Kier alpha value is -1.43. The molecule has 0 fully saturated rings. The number of rotatable bonds is 6. The Morgan fingerprint density at radius 1 is 1.05 bits per heavy atom. The first-order chi connectivity index (χ1) is 10.4. The van der Waals surface area contributed by atoms with Gasteiger partial charge < -0.3 is 14.8 Å². The molecule has 0 saturated carbocycles. The topological polar surface area (TPSA) is 64.6 Å². The van der Waals surface area contributed by atoms with Crippen LogP contribution in [0, 0.1) is 0 Å². The molecule has 1 aromatic rings. The highest BCUT2D eigenvalue weighted by atomic mass is 35.5. The predicted octanol–water partition coefficient (Wildman–Crippen LogP) is 4.07. The molecular formula is C14H14Cl3NO4. The van der Waals surface area contributed by atoms with Gasteiger partial charge in [0, 0.05) is 11.9 Å². The minimum Gasteiger partial charge on any atom is -0.462 e. The van der Waals surface area contributed by atoms with Gasteiger partial charge in [-0.1, -0.05) is 34.8 Å². The molecule has 0 aromatic heterocycles. The summed E-state index contributed by atoms with van der Waals surface area (Å²) in [6.45, 7) is 3.53. The number of benzene rings is 1. The van der Waals surface area contributed by atoms with Gasteiger partial charge in [0.15, 0.2) is 5.57 Å². The number of carbonyl (C=O) groups is 2. The van der Waals surface area contributed by atoms with Gasteiger partial charge in [-0.25, -0.2) is 9.59 Å². The molecule has 0 radical (unpaired) electrons. The van der Waals surface area contributed by atoms with Gasteiger partial charge in [-0.15, -0.1) is 0 Å². The van der Waals surface area contributed by atoms with Crippen molar-refractivity contribution in [3.8, 4) is 0 Å². The lowest BCUT2D eigenvalue weighted by atomic mass is 10.2. The maximum atomic E-state index is 11.8. The van der Waals surface area contributed by atoms with E-state index in [-0.39, 0.29) is 33.9 Å². The summed E-state index contributed by atoms with van der Waals surface area (Å²) >= 11 is 17.6. The number of halogens is 3. The molecular weight excluding hydrogens is 353 g/mol. The van der Waals surface area contributed by atoms with E-state index in [0.717, 1.165) is 0 Å². The number of esters is 2. The number of anilines is 1. The monoisotopic (exact) mass is 365 g/mol. The quantitative estimate of drug-likeness (QED) is 0.270. The van der Waals surface area contributed by atoms with E-state index in [1.54, 1.807) is 13.8 Å². The third-order valence-corrected chi connectivity index (χ3v) is 3.55. The fourth-order valence-corrected chi connectivity index (χ4v) is 2.01. The van der Waals surface area contributed by atoms with Crippen molar-refractivity contribution in [2.24, 2.45) is 0 Å². The number of hydrogen-bond donors (Lipinski definition) is 1. The maximum absolute atomic E-state index is 11.8. The summed E-state index contributed by atoms with van der Waals surface area (Å²) in [5.41, 5.74) is 0.177. The average Bonchev–Trinajstić information content (AvgIpc) is 2.45. The van der Waals surface area contributed by atoms with Crippen LogP contribution >= 0.6 is 34.8 Å². The van der Waals surface area contributed by atoms with Crippen LogP contribution in [0.4, 0.5) is 5.69 Å². The third kappa shape index (κ3) is 5.09. The van der Waals surface area contributed by atoms with Gasteiger partial charge in [0.25, 0.3) is 0 Å². The SMILES string of the molecule is CCOC(=O)C(=CNc1cc(Cl)c(Cl)c(Cl)c1)C(=O)OCC. The fraction of sp³-hybridized carbons (Fsp3) is 0.286. The molecule has 0 unspecified atom stereocenters. The van der Waals surface area contributed by atoms with Gasteiger partial charge >= 0.3 is 11.9 Å². The molecule has 120 valence electrons. The summed E-state index contributed by atoms with van der Waals surface area (Å²) in [5, 5.41) is 3.43. The van der Waals surface area contributed by atoms with Crippen molar-refractivity contribution in [3.63, 3.8) is 0 Å². The molecule has 5 nitrogen and oxygen atoms in total. The second kappa shape index (κ2) is 8.88. The van der Waals surface area contributed by atoms with Crippen molar-refractivity contribution in [3.05, 3.63) is 39.0 Å². The Balaban J connectivity index is 3.02. The van der Waals surface area contributed by atoms with Crippen LogP contribution in [0.15, 0.2) is 23.9 Å². The summed E-state index contributed by atoms with van der Waals surface area (Å²) in [6, 6.07) is 3.00. The zero-order valence-electron chi connectivity index (χ0n) is 11.9. The molecule has 0 aliphatic heterocycles. The number of carbonyl (C=O) groups excluding carboxylic acids is 2. The molecule has 1 N–H and O–H groups in total. The second-order valence-electron chi connectivity index (χ2n) is 3.90. The molecule has 0 aliphatic rings. The average molecular weight is 367 g/mol. The van der Waals surface area contributed by atoms with Crippen LogP contribution in [0.25, 0.3) is 0 Å². The molecule has 22 heavy (non-hydrogen) atoms. The van der Waals surface area contributed by atoms with Crippen LogP contribution in [0.5, 0.6) is 0 Å². The highest BCUT2D eigenvalue weighted by molar-refractivity contribution is 6.48. The van der Waals surface area contributed by atoms with Gasteiger partial charge in [-0.05, 0) is 26.0 Å². The van der Waals surface area contributed by atoms with Gasteiger partial charge in [-0.3, -0.25) is 0 Å². The van der Waals surface area contributed by atoms with Gasteiger partial charge in [-0.2, -0.15) is 0 Å². The van der Waals surface area contributed by atoms with Crippen LogP contribution in [0.2, 0.25) is 15.1 Å². The van der Waals surface area contributed by atoms with Gasteiger partial charge in [0.2, 0.25) is 0 Å². The minimum absolute atomic E-state index is 0.133. The molecule has 1 aromatic carbocycles. The second-order valence-corrected chi connectivity index (χ2v) is 5.09. The fourth-order valence-electron chi connectivity index (χ4n) is 1.41. The van der Waals surface area contributed by atoms with Gasteiger partial charge in [0.05, 0.1) is 28.3 Å². The van der Waals surface area contributed by atoms with Crippen molar-refractivity contribution >= 4 is 52.4 Å². The Morgan fingerprint density at radius 2 is 1.50 bits per heavy atom. The molecule has 0 atom stereocenters. The van der Waals surface area contributed by atoms with Crippen LogP contribution in [-0.4, -0.2) is 25.2 Å². The van der Waals surface area contributed by atoms with E-state index in [1.807, 2.05) is 0 Å². The first kappa shape index (κ1) is 18.6. The molecule has 0 aliphatic carbocycles. The minimum atomic E-state index is -0.792. The van der Waals surface area contributed by atoms with Crippen molar-refractivity contribution in [1.29, 1.82) is 0 Å². The standard InChI is InChI=1S/C14H14Cl3NO4/c1-3-21-13(19)9(14(20)22-4-2)7-18-8-5-10(15)12(17)11(16)6-8/h5-7,18H,3-4H2,1-2H3. The van der Waals surface area contributed by atoms with Crippen LogP contribution in [0.3, 0.4) is 0 Å². The summed E-state index contributed by atoms with van der Waals surface area (Å²) in [6.07, 6.45) is 1.17. The molecule has 1 rings (SSSR count). The number of nitrogens with one attached hydrogen (secondary N) is 1. The smallest absolute Gasteiger partial charge is 0.347 e. The zero-order chi connectivity index (χ0) is 16.7. The van der Waals surface area contributed by atoms with Crippen molar-refractivity contribution < 1.29 is 19.1 Å². The first-order valence-corrected chi connectivity index (χ1v) is 7.49. The highest BCUT2D eigenvalue weighted by Gasteiger charge is 2.21. The summed E-state index contributed by atoms with van der Waals surface area (Å²) in [5.74, 6) is -1.58. The van der Waals surface area contributed by atoms with E-state index in [2.05, 4.69) is 5.32 Å². The molecule has 8 heteroatoms. The molecule has 0 saturated heterocycles. The Labute approximate surface area is 143 Å². The molecule has 0 heterocycles. The van der Waals surface area contributed by atoms with Crippen LogP contribution in [0.1, 0.15) is 13.8 Å². The van der Waals surface area contributed by atoms with E-state index in [1.165, 1.54) is 18.3 Å². The Kier molecular flexibility index (Phi) is 7.51. The van der Waals surface area contributed by atoms with Crippen LogP contribution < -0.4 is 5.32 Å².